The zero-order chi connectivity index (χ0) is 21.4. The van der Waals surface area contributed by atoms with Gasteiger partial charge in [-0.3, -0.25) is 9.48 Å². The summed E-state index contributed by atoms with van der Waals surface area (Å²) in [6, 6.07) is 15.8. The number of likely N-dealkylation sites (tertiary alicyclic amines) is 1. The number of carbonyl (C=O) groups is 1. The summed E-state index contributed by atoms with van der Waals surface area (Å²) >= 11 is 0. The highest BCUT2D eigenvalue weighted by molar-refractivity contribution is 5.92. The van der Waals surface area contributed by atoms with Crippen LogP contribution >= 0.6 is 0 Å². The molecule has 7 nitrogen and oxygen atoms in total. The highest BCUT2D eigenvalue weighted by Crippen LogP contribution is 2.29. The summed E-state index contributed by atoms with van der Waals surface area (Å²) in [4.78, 5) is 19.4. The van der Waals surface area contributed by atoms with Crippen LogP contribution in [-0.2, 0) is 11.3 Å². The monoisotopic (exact) mass is 415 g/mol. The van der Waals surface area contributed by atoms with Gasteiger partial charge in [-0.15, -0.1) is 0 Å². The Morgan fingerprint density at radius 3 is 2.61 bits per heavy atom. The Balaban J connectivity index is 1.45. The number of nitrogens with zero attached hydrogens (tertiary/aromatic N) is 5. The molecule has 7 heteroatoms. The molecule has 3 heterocycles. The van der Waals surface area contributed by atoms with Gasteiger partial charge in [-0.2, -0.15) is 10.1 Å². The molecule has 158 valence electrons. The summed E-state index contributed by atoms with van der Waals surface area (Å²) in [7, 11) is 0. The number of aryl methyl sites for hydroxylation is 1. The first-order chi connectivity index (χ1) is 15.1. The molecule has 1 aliphatic rings. The van der Waals surface area contributed by atoms with E-state index in [4.69, 9.17) is 9.62 Å². The molecule has 0 N–H and O–H groups in total. The van der Waals surface area contributed by atoms with E-state index in [9.17, 15) is 4.79 Å². The van der Waals surface area contributed by atoms with Crippen LogP contribution in [0, 0.1) is 12.8 Å². The van der Waals surface area contributed by atoms with Gasteiger partial charge in [0.25, 0.3) is 5.89 Å². The van der Waals surface area contributed by atoms with Crippen LogP contribution in [0.4, 0.5) is 0 Å². The Bertz CT molecular complexity index is 1220. The number of amides is 1. The van der Waals surface area contributed by atoms with Crippen molar-refractivity contribution in [3.63, 3.8) is 0 Å². The molecule has 1 amide bonds. The maximum Gasteiger partial charge on any atom is 0.279 e. The number of piperidine rings is 1. The lowest BCUT2D eigenvalue weighted by Crippen LogP contribution is -2.39. The summed E-state index contributed by atoms with van der Waals surface area (Å²) in [5.74, 6) is 1.65. The van der Waals surface area contributed by atoms with Crippen LogP contribution in [0.3, 0.4) is 0 Å². The predicted octanol–water partition coefficient (Wildman–Crippen LogP) is 4.32. The number of hydrogen-bond donors (Lipinski definition) is 0. The Labute approximate surface area is 180 Å². The Morgan fingerprint density at radius 2 is 1.84 bits per heavy atom. The molecule has 31 heavy (non-hydrogen) atoms. The number of hydrogen-bond acceptors (Lipinski definition) is 5. The van der Waals surface area contributed by atoms with Crippen molar-refractivity contribution >= 4 is 16.8 Å². The molecule has 5 rings (SSSR count). The molecule has 1 fully saturated rings. The first-order valence-electron chi connectivity index (χ1n) is 10.7. The van der Waals surface area contributed by atoms with E-state index in [0.29, 0.717) is 23.3 Å². The Kier molecular flexibility index (Phi) is 5.02. The third-order valence-corrected chi connectivity index (χ3v) is 6.02. The van der Waals surface area contributed by atoms with Crippen molar-refractivity contribution in [2.45, 2.75) is 33.2 Å². The third kappa shape index (κ3) is 3.83. The first-order valence-corrected chi connectivity index (χ1v) is 10.7. The smallest absolute Gasteiger partial charge is 0.279 e. The average molecular weight is 415 g/mol. The number of fused-ring (bicyclic) bond motifs is 1. The topological polar surface area (TPSA) is 77.0 Å². The van der Waals surface area contributed by atoms with E-state index in [1.807, 2.05) is 60.4 Å². The fraction of sp³-hybridized carbons (Fsp3) is 0.333. The molecular formula is C24H25N5O2. The van der Waals surface area contributed by atoms with Crippen molar-refractivity contribution in [1.82, 2.24) is 24.8 Å². The first kappa shape index (κ1) is 19.5. The third-order valence-electron chi connectivity index (χ3n) is 6.02. The zero-order valence-corrected chi connectivity index (χ0v) is 17.8. The second-order valence-electron chi connectivity index (χ2n) is 8.38. The van der Waals surface area contributed by atoms with E-state index in [1.165, 1.54) is 5.56 Å². The summed E-state index contributed by atoms with van der Waals surface area (Å²) in [6.07, 6.45) is 2.11. The lowest BCUT2D eigenvalue weighted by molar-refractivity contribution is -0.133. The second-order valence-corrected chi connectivity index (χ2v) is 8.38. The maximum atomic E-state index is 12.9. The number of carbonyl (C=O) groups excluding carboxylic acids is 1. The molecule has 2 aromatic carbocycles. The number of para-hydroxylation sites is 1. The number of aromatic nitrogens is 4. The normalized spacial score (nSPS) is 15.0. The van der Waals surface area contributed by atoms with Gasteiger partial charge in [-0.25, -0.2) is 0 Å². The molecule has 0 spiro atoms. The second kappa shape index (κ2) is 7.98. The van der Waals surface area contributed by atoms with Crippen LogP contribution in [0.5, 0.6) is 0 Å². The minimum absolute atomic E-state index is 0.0950. The molecule has 0 aliphatic carbocycles. The predicted molar refractivity (Wildman–Crippen MR) is 118 cm³/mol. The van der Waals surface area contributed by atoms with Gasteiger partial charge in [-0.1, -0.05) is 60.1 Å². The van der Waals surface area contributed by atoms with Crippen LogP contribution in [0.1, 0.15) is 25.3 Å². The minimum atomic E-state index is 0.0950. The fourth-order valence-corrected chi connectivity index (χ4v) is 4.03. The van der Waals surface area contributed by atoms with Gasteiger partial charge in [0, 0.05) is 24.0 Å². The fourth-order valence-electron chi connectivity index (χ4n) is 4.03. The average Bonchev–Trinajstić information content (AvgIpc) is 3.40. The Morgan fingerprint density at radius 1 is 1.10 bits per heavy atom. The van der Waals surface area contributed by atoms with Gasteiger partial charge in [0.2, 0.25) is 11.7 Å². The van der Waals surface area contributed by atoms with Crippen molar-refractivity contribution in [3.05, 3.63) is 54.1 Å². The molecule has 1 aliphatic heterocycles. The molecule has 0 atom stereocenters. The minimum Gasteiger partial charge on any atom is -0.341 e. The molecule has 4 aromatic rings. The molecular weight excluding hydrogens is 390 g/mol. The van der Waals surface area contributed by atoms with Gasteiger partial charge in [0.15, 0.2) is 5.69 Å². The van der Waals surface area contributed by atoms with E-state index in [0.717, 1.165) is 42.4 Å². The summed E-state index contributed by atoms with van der Waals surface area (Å²) in [5, 5.41) is 9.73. The van der Waals surface area contributed by atoms with E-state index in [-0.39, 0.29) is 12.5 Å². The van der Waals surface area contributed by atoms with Crippen molar-refractivity contribution in [1.29, 1.82) is 0 Å². The number of rotatable bonds is 4. The van der Waals surface area contributed by atoms with E-state index < -0.39 is 0 Å². The summed E-state index contributed by atoms with van der Waals surface area (Å²) in [6.45, 7) is 6.11. The summed E-state index contributed by atoms with van der Waals surface area (Å²) < 4.78 is 7.31. The van der Waals surface area contributed by atoms with Gasteiger partial charge in [0.05, 0.1) is 5.52 Å². The van der Waals surface area contributed by atoms with Crippen LogP contribution in [0.15, 0.2) is 53.1 Å². The largest absolute Gasteiger partial charge is 0.341 e. The quantitative estimate of drug-likeness (QED) is 0.496. The van der Waals surface area contributed by atoms with Crippen molar-refractivity contribution in [3.8, 4) is 23.0 Å². The van der Waals surface area contributed by atoms with Gasteiger partial charge >= 0.3 is 0 Å². The van der Waals surface area contributed by atoms with Crippen LogP contribution in [0.2, 0.25) is 0 Å². The van der Waals surface area contributed by atoms with Crippen LogP contribution in [0.25, 0.3) is 33.9 Å². The summed E-state index contributed by atoms with van der Waals surface area (Å²) in [5.41, 5.74) is 3.54. The highest BCUT2D eigenvalue weighted by Gasteiger charge is 2.23. The Hall–Kier alpha value is -3.48. The van der Waals surface area contributed by atoms with Gasteiger partial charge in [0.1, 0.15) is 6.54 Å². The van der Waals surface area contributed by atoms with E-state index in [2.05, 4.69) is 17.1 Å². The zero-order valence-electron chi connectivity index (χ0n) is 17.8. The lowest BCUT2D eigenvalue weighted by atomic mass is 9.99. The molecule has 0 bridgehead atoms. The van der Waals surface area contributed by atoms with Gasteiger partial charge in [-0.05, 0) is 31.7 Å². The SMILES string of the molecule is Cc1ccc(-c2noc(-c3nn(CC(=O)N4CCC(C)CC4)c4ccccc34)n2)cc1. The molecule has 0 radical (unpaired) electrons. The van der Waals surface area contributed by atoms with Crippen molar-refractivity contribution < 1.29 is 9.32 Å². The van der Waals surface area contributed by atoms with Crippen LogP contribution < -0.4 is 0 Å². The van der Waals surface area contributed by atoms with Gasteiger partial charge < -0.3 is 9.42 Å². The van der Waals surface area contributed by atoms with E-state index >= 15 is 0 Å². The number of benzene rings is 2. The standard InChI is InChI=1S/C24H25N5O2/c1-16-7-9-18(10-8-16)23-25-24(31-27-23)22-19-5-3-4-6-20(19)29(26-22)15-21(30)28-13-11-17(2)12-14-28/h3-10,17H,11-15H2,1-2H3. The molecule has 2 aromatic heterocycles. The maximum absolute atomic E-state index is 12.9. The van der Waals surface area contributed by atoms with Crippen molar-refractivity contribution in [2.75, 3.05) is 13.1 Å². The molecule has 0 unspecified atom stereocenters. The van der Waals surface area contributed by atoms with Crippen LogP contribution in [-0.4, -0.2) is 43.8 Å². The van der Waals surface area contributed by atoms with E-state index in [1.54, 1.807) is 4.68 Å². The molecule has 1 saturated heterocycles. The highest BCUT2D eigenvalue weighted by atomic mass is 16.5. The lowest BCUT2D eigenvalue weighted by Gasteiger charge is -2.30. The van der Waals surface area contributed by atoms with Crippen molar-refractivity contribution in [2.24, 2.45) is 5.92 Å². The molecule has 0 saturated carbocycles.